The first-order chi connectivity index (χ1) is 12.6. The lowest BCUT2D eigenvalue weighted by Gasteiger charge is -2.04. The molecule has 0 fully saturated rings. The fourth-order valence-corrected chi connectivity index (χ4v) is 2.94. The predicted molar refractivity (Wildman–Crippen MR) is 98.4 cm³/mol. The third-order valence-corrected chi connectivity index (χ3v) is 4.49. The second kappa shape index (κ2) is 6.55. The van der Waals surface area contributed by atoms with Gasteiger partial charge in [0.2, 0.25) is 0 Å². The molecule has 2 heterocycles. The van der Waals surface area contributed by atoms with Crippen molar-refractivity contribution in [3.63, 3.8) is 0 Å². The molecule has 0 unspecified atom stereocenters. The minimum absolute atomic E-state index is 0.135. The Balaban J connectivity index is 1.53. The van der Waals surface area contributed by atoms with Gasteiger partial charge >= 0.3 is 5.69 Å². The van der Waals surface area contributed by atoms with Crippen molar-refractivity contribution >= 4 is 11.0 Å². The van der Waals surface area contributed by atoms with Crippen LogP contribution >= 0.6 is 0 Å². The molecule has 130 valence electrons. The normalized spacial score (nSPS) is 11.2. The van der Waals surface area contributed by atoms with Crippen LogP contribution in [0.1, 0.15) is 11.4 Å². The first-order valence-electron chi connectivity index (χ1n) is 8.35. The molecule has 0 aliphatic carbocycles. The number of aromatic amines is 1. The van der Waals surface area contributed by atoms with E-state index in [1.807, 2.05) is 18.2 Å². The monoisotopic (exact) mass is 348 g/mol. The highest BCUT2D eigenvalue weighted by molar-refractivity contribution is 5.81. The first kappa shape index (κ1) is 16.2. The Morgan fingerprint density at radius 2 is 1.73 bits per heavy atom. The van der Waals surface area contributed by atoms with Crippen LogP contribution in [0, 0.1) is 5.82 Å². The van der Waals surface area contributed by atoms with Crippen molar-refractivity contribution in [1.82, 2.24) is 19.5 Å². The van der Waals surface area contributed by atoms with Crippen LogP contribution in [-0.4, -0.2) is 19.5 Å². The van der Waals surface area contributed by atoms with Gasteiger partial charge in [-0.2, -0.15) is 0 Å². The summed E-state index contributed by atoms with van der Waals surface area (Å²) < 4.78 is 14.5. The number of hydrogen-bond acceptors (Lipinski definition) is 3. The highest BCUT2D eigenvalue weighted by Gasteiger charge is 2.07. The Morgan fingerprint density at radius 3 is 2.46 bits per heavy atom. The molecular formula is C20H17FN4O. The molecule has 0 atom stereocenters. The Hall–Kier alpha value is -3.28. The summed E-state index contributed by atoms with van der Waals surface area (Å²) in [4.78, 5) is 23.4. The van der Waals surface area contributed by atoms with Gasteiger partial charge in [0.1, 0.15) is 11.6 Å². The SMILES string of the molecule is Cn1c(=O)[nH]c2ccc(-c3cnc(CCc4ccc(F)cc4)nc3)cc21. The number of halogens is 1. The van der Waals surface area contributed by atoms with Crippen molar-refractivity contribution in [1.29, 1.82) is 0 Å². The topological polar surface area (TPSA) is 63.6 Å². The molecule has 0 spiro atoms. The summed E-state index contributed by atoms with van der Waals surface area (Å²) in [5, 5.41) is 0. The van der Waals surface area contributed by atoms with Crippen LogP contribution < -0.4 is 5.69 Å². The molecule has 5 nitrogen and oxygen atoms in total. The molecule has 6 heteroatoms. The Labute approximate surface area is 149 Å². The first-order valence-corrected chi connectivity index (χ1v) is 8.35. The van der Waals surface area contributed by atoms with E-state index in [4.69, 9.17) is 0 Å². The number of H-pyrrole nitrogens is 1. The molecule has 0 radical (unpaired) electrons. The maximum atomic E-state index is 12.9. The molecule has 0 saturated heterocycles. The van der Waals surface area contributed by atoms with Gasteiger partial charge in [0.05, 0.1) is 11.0 Å². The number of aromatic nitrogens is 4. The van der Waals surface area contributed by atoms with Crippen LogP contribution in [0.5, 0.6) is 0 Å². The van der Waals surface area contributed by atoms with Crippen molar-refractivity contribution in [3.8, 4) is 11.1 Å². The number of nitrogens with zero attached hydrogens (tertiary/aromatic N) is 3. The van der Waals surface area contributed by atoms with E-state index in [0.717, 1.165) is 40.0 Å². The Morgan fingerprint density at radius 1 is 1.00 bits per heavy atom. The number of rotatable bonds is 4. The van der Waals surface area contributed by atoms with E-state index >= 15 is 0 Å². The van der Waals surface area contributed by atoms with E-state index < -0.39 is 0 Å². The smallest absolute Gasteiger partial charge is 0.306 e. The fourth-order valence-electron chi connectivity index (χ4n) is 2.94. The van der Waals surface area contributed by atoms with Crippen molar-refractivity contribution < 1.29 is 4.39 Å². The highest BCUT2D eigenvalue weighted by atomic mass is 19.1. The van der Waals surface area contributed by atoms with Crippen LogP contribution in [-0.2, 0) is 19.9 Å². The second-order valence-corrected chi connectivity index (χ2v) is 6.24. The lowest BCUT2D eigenvalue weighted by molar-refractivity contribution is 0.627. The molecule has 2 aromatic heterocycles. The molecule has 4 rings (SSSR count). The van der Waals surface area contributed by atoms with Gasteiger partial charge in [-0.1, -0.05) is 18.2 Å². The molecule has 0 amide bonds. The van der Waals surface area contributed by atoms with Crippen LogP contribution in [0.2, 0.25) is 0 Å². The van der Waals surface area contributed by atoms with Gasteiger partial charge in [0.25, 0.3) is 0 Å². The molecule has 26 heavy (non-hydrogen) atoms. The maximum Gasteiger partial charge on any atom is 0.326 e. The number of aryl methyl sites for hydroxylation is 3. The summed E-state index contributed by atoms with van der Waals surface area (Å²) in [6.07, 6.45) is 5.03. The van der Waals surface area contributed by atoms with Gasteiger partial charge in [-0.3, -0.25) is 4.57 Å². The molecule has 0 aliphatic rings. The van der Waals surface area contributed by atoms with Crippen molar-refractivity contribution in [3.05, 3.63) is 82.5 Å². The molecular weight excluding hydrogens is 331 g/mol. The van der Waals surface area contributed by atoms with E-state index in [2.05, 4.69) is 15.0 Å². The lowest BCUT2D eigenvalue weighted by Crippen LogP contribution is -2.11. The number of hydrogen-bond donors (Lipinski definition) is 1. The van der Waals surface area contributed by atoms with Gasteiger partial charge in [-0.15, -0.1) is 0 Å². The minimum Gasteiger partial charge on any atom is -0.306 e. The number of benzene rings is 2. The molecule has 0 saturated carbocycles. The van der Waals surface area contributed by atoms with Crippen LogP contribution in [0.15, 0.2) is 59.7 Å². The summed E-state index contributed by atoms with van der Waals surface area (Å²) in [5.41, 5.74) is 4.41. The highest BCUT2D eigenvalue weighted by Crippen LogP contribution is 2.22. The Kier molecular flexibility index (Phi) is 4.08. The fraction of sp³-hybridized carbons (Fsp3) is 0.150. The number of imidazole rings is 1. The zero-order valence-corrected chi connectivity index (χ0v) is 14.2. The predicted octanol–water partition coefficient (Wildman–Crippen LogP) is 3.25. The van der Waals surface area contributed by atoms with Crippen molar-refractivity contribution in [2.45, 2.75) is 12.8 Å². The lowest BCUT2D eigenvalue weighted by atomic mass is 10.1. The largest absolute Gasteiger partial charge is 0.326 e. The quantitative estimate of drug-likeness (QED) is 0.616. The summed E-state index contributed by atoms with van der Waals surface area (Å²) in [6, 6.07) is 12.3. The average molecular weight is 348 g/mol. The van der Waals surface area contributed by atoms with Gasteiger partial charge in [0.15, 0.2) is 0 Å². The number of fused-ring (bicyclic) bond motifs is 1. The molecule has 4 aromatic rings. The average Bonchev–Trinajstić information content (AvgIpc) is 2.95. The maximum absolute atomic E-state index is 12.9. The van der Waals surface area contributed by atoms with Crippen molar-refractivity contribution in [2.75, 3.05) is 0 Å². The van der Waals surface area contributed by atoms with Crippen LogP contribution in [0.25, 0.3) is 22.2 Å². The standard InChI is InChI=1S/C20H17FN4O/c1-25-18-10-14(5-8-17(18)24-20(25)26)15-11-22-19(23-12-15)9-4-13-2-6-16(21)7-3-13/h2-3,5-8,10-12H,4,9H2,1H3,(H,24,26). The summed E-state index contributed by atoms with van der Waals surface area (Å²) in [6.45, 7) is 0. The summed E-state index contributed by atoms with van der Waals surface area (Å²) in [5.74, 6) is 0.513. The summed E-state index contributed by atoms with van der Waals surface area (Å²) >= 11 is 0. The zero-order valence-electron chi connectivity index (χ0n) is 14.2. The van der Waals surface area contributed by atoms with E-state index in [1.165, 1.54) is 12.1 Å². The van der Waals surface area contributed by atoms with Crippen LogP contribution in [0.4, 0.5) is 4.39 Å². The molecule has 1 N–H and O–H groups in total. The van der Waals surface area contributed by atoms with E-state index in [1.54, 1.807) is 36.1 Å². The number of nitrogens with one attached hydrogen (secondary N) is 1. The van der Waals surface area contributed by atoms with Gasteiger partial charge in [-0.05, 0) is 41.8 Å². The third kappa shape index (κ3) is 3.13. The van der Waals surface area contributed by atoms with Gasteiger partial charge in [-0.25, -0.2) is 19.2 Å². The minimum atomic E-state index is -0.230. The molecule has 0 bridgehead atoms. The third-order valence-electron chi connectivity index (χ3n) is 4.49. The summed E-state index contributed by atoms with van der Waals surface area (Å²) in [7, 11) is 1.74. The van der Waals surface area contributed by atoms with Gasteiger partial charge < -0.3 is 4.98 Å². The zero-order chi connectivity index (χ0) is 18.1. The molecule has 0 aliphatic heterocycles. The second-order valence-electron chi connectivity index (χ2n) is 6.24. The van der Waals surface area contributed by atoms with E-state index in [0.29, 0.717) is 6.42 Å². The van der Waals surface area contributed by atoms with E-state index in [-0.39, 0.29) is 11.5 Å². The molecule has 2 aromatic carbocycles. The van der Waals surface area contributed by atoms with Crippen molar-refractivity contribution in [2.24, 2.45) is 7.05 Å². The van der Waals surface area contributed by atoms with E-state index in [9.17, 15) is 9.18 Å². The van der Waals surface area contributed by atoms with Crippen LogP contribution in [0.3, 0.4) is 0 Å². The van der Waals surface area contributed by atoms with Gasteiger partial charge in [0, 0.05) is 31.4 Å². The Bertz CT molecular complexity index is 1110.